The molecule has 1 saturated carbocycles. The lowest BCUT2D eigenvalue weighted by molar-refractivity contribution is -0.126. The van der Waals surface area contributed by atoms with Gasteiger partial charge in [0, 0.05) is 31.2 Å². The average Bonchev–Trinajstić information content (AvgIpc) is 3.01. The van der Waals surface area contributed by atoms with Crippen LogP contribution in [0.3, 0.4) is 0 Å². The van der Waals surface area contributed by atoms with Crippen molar-refractivity contribution >= 4 is 15.9 Å². The molecule has 9 nitrogen and oxygen atoms in total. The number of carbonyl (C=O) groups is 1. The van der Waals surface area contributed by atoms with Gasteiger partial charge < -0.3 is 24.4 Å². The van der Waals surface area contributed by atoms with E-state index in [4.69, 9.17) is 14.2 Å². The molecule has 4 rings (SSSR count). The van der Waals surface area contributed by atoms with E-state index in [1.165, 1.54) is 36.7 Å². The van der Waals surface area contributed by atoms with Gasteiger partial charge in [0.15, 0.2) is 11.5 Å². The summed E-state index contributed by atoms with van der Waals surface area (Å²) in [6.07, 6.45) is 7.57. The summed E-state index contributed by atoms with van der Waals surface area (Å²) in [5.41, 5.74) is 1.03. The van der Waals surface area contributed by atoms with Crippen molar-refractivity contribution in [3.63, 3.8) is 0 Å². The van der Waals surface area contributed by atoms with Crippen LogP contribution in [0.25, 0.3) is 0 Å². The van der Waals surface area contributed by atoms with Crippen LogP contribution in [0.4, 0.5) is 4.39 Å². The Balaban J connectivity index is 1.20. The summed E-state index contributed by atoms with van der Waals surface area (Å²) >= 11 is 0. The number of nitrogens with zero attached hydrogens (tertiary/aromatic N) is 2. The van der Waals surface area contributed by atoms with Crippen LogP contribution in [0.5, 0.6) is 11.5 Å². The van der Waals surface area contributed by atoms with Crippen LogP contribution in [-0.2, 0) is 19.6 Å². The molecule has 2 aromatic rings. The van der Waals surface area contributed by atoms with Gasteiger partial charge >= 0.3 is 0 Å². The number of amides is 1. The standard InChI is InChI=1S/C33H48FN3O6S/c1-36(2)33(26-8-7-9-27(34)20-26)25-13-11-24(12-14-25)17-18-35-32(38)23-43-22-28-10-5-6-19-37(28)44(39,40)29-15-16-30(41-3)31(21-29)42-4/h7-9,15-16,20-21,24-25,28,33H,5-6,10-14,17-19,22-23H2,1-4H3,(H,35,38). The molecule has 2 unspecified atom stereocenters. The molecule has 1 saturated heterocycles. The molecule has 0 bridgehead atoms. The third kappa shape index (κ3) is 8.71. The first-order valence-electron chi connectivity index (χ1n) is 15.6. The largest absolute Gasteiger partial charge is 0.493 e. The SMILES string of the molecule is COc1ccc(S(=O)(=O)N2CCCCC2COCC(=O)NCCC2CCC(C(c3cccc(F)c3)N(C)C)CC2)cc1OC. The third-order valence-electron chi connectivity index (χ3n) is 9.04. The van der Waals surface area contributed by atoms with Gasteiger partial charge in [0.05, 0.1) is 25.7 Å². The molecule has 0 radical (unpaired) electrons. The zero-order valence-electron chi connectivity index (χ0n) is 26.5. The van der Waals surface area contributed by atoms with Crippen molar-refractivity contribution < 1.29 is 31.8 Å². The van der Waals surface area contributed by atoms with Crippen LogP contribution in [0.15, 0.2) is 47.4 Å². The minimum absolute atomic E-state index is 0.106. The number of carbonyl (C=O) groups excluding carboxylic acids is 1. The molecule has 244 valence electrons. The summed E-state index contributed by atoms with van der Waals surface area (Å²) in [5, 5.41) is 2.97. The highest BCUT2D eigenvalue weighted by molar-refractivity contribution is 7.89. The molecule has 44 heavy (non-hydrogen) atoms. The van der Waals surface area contributed by atoms with Crippen LogP contribution in [0, 0.1) is 17.7 Å². The number of nitrogens with one attached hydrogen (secondary N) is 1. The van der Waals surface area contributed by atoms with Gasteiger partial charge in [0.25, 0.3) is 0 Å². The van der Waals surface area contributed by atoms with Crippen molar-refractivity contribution in [2.75, 3.05) is 54.6 Å². The average molecular weight is 634 g/mol. The molecule has 2 fully saturated rings. The Kier molecular flexibility index (Phi) is 12.4. The predicted molar refractivity (Wildman–Crippen MR) is 168 cm³/mol. The molecule has 0 aromatic heterocycles. The molecule has 2 aliphatic rings. The van der Waals surface area contributed by atoms with E-state index in [2.05, 4.69) is 24.3 Å². The van der Waals surface area contributed by atoms with Crippen LogP contribution >= 0.6 is 0 Å². The van der Waals surface area contributed by atoms with Gasteiger partial charge in [-0.3, -0.25) is 4.79 Å². The Hall–Kier alpha value is -2.73. The summed E-state index contributed by atoms with van der Waals surface area (Å²) in [4.78, 5) is 14.9. The van der Waals surface area contributed by atoms with E-state index in [-0.39, 0.29) is 41.9 Å². The maximum absolute atomic E-state index is 13.9. The first-order valence-corrected chi connectivity index (χ1v) is 17.1. The number of hydrogen-bond donors (Lipinski definition) is 1. The maximum Gasteiger partial charge on any atom is 0.245 e. The Morgan fingerprint density at radius 1 is 1.02 bits per heavy atom. The zero-order chi connectivity index (χ0) is 31.7. The van der Waals surface area contributed by atoms with Gasteiger partial charge in [-0.15, -0.1) is 0 Å². The Morgan fingerprint density at radius 2 is 1.77 bits per heavy atom. The molecule has 11 heteroatoms. The summed E-state index contributed by atoms with van der Waals surface area (Å²) in [6.45, 7) is 1.03. The number of sulfonamides is 1. The van der Waals surface area contributed by atoms with E-state index in [0.717, 1.165) is 50.5 Å². The number of hydrogen-bond acceptors (Lipinski definition) is 7. The predicted octanol–water partition coefficient (Wildman–Crippen LogP) is 5.02. The van der Waals surface area contributed by atoms with Crippen molar-refractivity contribution in [2.45, 2.75) is 68.3 Å². The second-order valence-corrected chi connectivity index (χ2v) is 14.1. The smallest absolute Gasteiger partial charge is 0.245 e. The zero-order valence-corrected chi connectivity index (χ0v) is 27.3. The van der Waals surface area contributed by atoms with Crippen molar-refractivity contribution in [2.24, 2.45) is 11.8 Å². The number of halogens is 1. The van der Waals surface area contributed by atoms with E-state index in [0.29, 0.717) is 42.8 Å². The van der Waals surface area contributed by atoms with E-state index in [1.54, 1.807) is 18.2 Å². The van der Waals surface area contributed by atoms with Crippen LogP contribution in [0.1, 0.15) is 63.0 Å². The number of piperidine rings is 1. The fourth-order valence-electron chi connectivity index (χ4n) is 6.80. The van der Waals surface area contributed by atoms with Crippen LogP contribution in [0.2, 0.25) is 0 Å². The number of ether oxygens (including phenoxy) is 3. The van der Waals surface area contributed by atoms with Gasteiger partial charge in [-0.1, -0.05) is 31.4 Å². The first kappa shape index (κ1) is 34.1. The Labute approximate surface area is 262 Å². The summed E-state index contributed by atoms with van der Waals surface area (Å²) in [5.74, 6) is 1.44. The lowest BCUT2D eigenvalue weighted by atomic mass is 9.75. The van der Waals surface area contributed by atoms with Gasteiger partial charge in [0.1, 0.15) is 12.4 Å². The fraction of sp³-hybridized carbons (Fsp3) is 0.606. The van der Waals surface area contributed by atoms with Crippen molar-refractivity contribution in [1.29, 1.82) is 0 Å². The number of methoxy groups -OCH3 is 2. The minimum Gasteiger partial charge on any atom is -0.493 e. The van der Waals surface area contributed by atoms with Crippen molar-refractivity contribution in [3.8, 4) is 11.5 Å². The quantitative estimate of drug-likeness (QED) is 0.312. The second kappa shape index (κ2) is 16.0. The first-order chi connectivity index (χ1) is 21.1. The van der Waals surface area contributed by atoms with E-state index in [9.17, 15) is 17.6 Å². The highest BCUT2D eigenvalue weighted by Crippen LogP contribution is 2.40. The lowest BCUT2D eigenvalue weighted by Gasteiger charge is -2.37. The van der Waals surface area contributed by atoms with Crippen LogP contribution < -0.4 is 14.8 Å². The molecule has 0 spiro atoms. The lowest BCUT2D eigenvalue weighted by Crippen LogP contribution is -2.46. The molecule has 1 aliphatic carbocycles. The molecule has 1 heterocycles. The molecule has 2 aromatic carbocycles. The minimum atomic E-state index is -3.78. The Morgan fingerprint density at radius 3 is 2.45 bits per heavy atom. The van der Waals surface area contributed by atoms with Crippen molar-refractivity contribution in [1.82, 2.24) is 14.5 Å². The van der Waals surface area contributed by atoms with Gasteiger partial charge in [-0.05, 0) is 87.9 Å². The summed E-state index contributed by atoms with van der Waals surface area (Å²) in [6, 6.07) is 11.4. The summed E-state index contributed by atoms with van der Waals surface area (Å²) in [7, 11) is 3.31. The normalized spacial score (nSPS) is 22.0. The highest BCUT2D eigenvalue weighted by atomic mass is 32.2. The monoisotopic (exact) mass is 633 g/mol. The van der Waals surface area contributed by atoms with Crippen LogP contribution in [-0.4, -0.2) is 84.2 Å². The highest BCUT2D eigenvalue weighted by Gasteiger charge is 2.34. The molecule has 1 aliphatic heterocycles. The molecule has 1 amide bonds. The topological polar surface area (TPSA) is 97.4 Å². The number of benzene rings is 2. The molecular weight excluding hydrogens is 585 g/mol. The van der Waals surface area contributed by atoms with Gasteiger partial charge in [-0.2, -0.15) is 4.31 Å². The van der Waals surface area contributed by atoms with E-state index in [1.807, 2.05) is 6.07 Å². The molecular formula is C33H48FN3O6S. The Bertz CT molecular complexity index is 1330. The second-order valence-electron chi connectivity index (χ2n) is 12.2. The molecule has 2 atom stereocenters. The van der Waals surface area contributed by atoms with E-state index < -0.39 is 10.0 Å². The molecule has 1 N–H and O–H groups in total. The number of rotatable bonds is 14. The fourth-order valence-corrected chi connectivity index (χ4v) is 8.49. The van der Waals surface area contributed by atoms with Crippen molar-refractivity contribution in [3.05, 3.63) is 53.8 Å². The van der Waals surface area contributed by atoms with E-state index >= 15 is 0 Å². The van der Waals surface area contributed by atoms with Gasteiger partial charge in [-0.25, -0.2) is 12.8 Å². The maximum atomic E-state index is 13.9. The van der Waals surface area contributed by atoms with Gasteiger partial charge in [0.2, 0.25) is 15.9 Å². The third-order valence-corrected chi connectivity index (χ3v) is 11.0. The summed E-state index contributed by atoms with van der Waals surface area (Å²) < 4.78 is 58.7.